The molecule has 0 aromatic carbocycles. The van der Waals surface area contributed by atoms with Gasteiger partial charge in [-0.25, -0.2) is 4.79 Å². The van der Waals surface area contributed by atoms with E-state index in [-0.39, 0.29) is 31.4 Å². The van der Waals surface area contributed by atoms with Gasteiger partial charge in [0.05, 0.1) is 25.3 Å². The Labute approximate surface area is 125 Å². The molecule has 0 aromatic heterocycles. The first kappa shape index (κ1) is 15.1. The van der Waals surface area contributed by atoms with Gasteiger partial charge in [-0.05, 0) is 40.0 Å². The van der Waals surface area contributed by atoms with Crippen LogP contribution in [0.25, 0.3) is 0 Å². The zero-order chi connectivity index (χ0) is 15.5. The van der Waals surface area contributed by atoms with Gasteiger partial charge in [-0.1, -0.05) is 0 Å². The van der Waals surface area contributed by atoms with Crippen molar-refractivity contribution in [1.82, 2.24) is 4.90 Å². The minimum atomic E-state index is -0.946. The molecular weight excluding hydrogens is 272 g/mol. The second-order valence-electron chi connectivity index (χ2n) is 7.76. The Morgan fingerprint density at radius 1 is 1.43 bits per heavy atom. The number of rotatable bonds is 2. The van der Waals surface area contributed by atoms with Crippen molar-refractivity contribution in [3.63, 3.8) is 0 Å². The number of ether oxygens (including phenoxy) is 2. The number of amides is 1. The lowest BCUT2D eigenvalue weighted by Crippen LogP contribution is -2.74. The van der Waals surface area contributed by atoms with Gasteiger partial charge in [0.2, 0.25) is 0 Å². The highest BCUT2D eigenvalue weighted by Crippen LogP contribution is 2.55. The quantitative estimate of drug-likeness (QED) is 0.790. The van der Waals surface area contributed by atoms with Crippen LogP contribution in [-0.4, -0.2) is 59.1 Å². The van der Waals surface area contributed by atoms with E-state index >= 15 is 0 Å². The maximum absolute atomic E-state index is 12.0. The van der Waals surface area contributed by atoms with Crippen LogP contribution in [-0.2, 0) is 9.47 Å². The molecule has 3 heterocycles. The number of carbonyl (C=O) groups is 1. The summed E-state index contributed by atoms with van der Waals surface area (Å²) in [6.45, 7) is 6.47. The predicted molar refractivity (Wildman–Crippen MR) is 76.8 cm³/mol. The Balaban J connectivity index is 1.67. The summed E-state index contributed by atoms with van der Waals surface area (Å²) in [6.07, 6.45) is 2.68. The Morgan fingerprint density at radius 3 is 2.52 bits per heavy atom. The molecule has 0 aliphatic carbocycles. The van der Waals surface area contributed by atoms with Crippen LogP contribution in [0.15, 0.2) is 0 Å². The number of aliphatic hydroxyl groups is 1. The summed E-state index contributed by atoms with van der Waals surface area (Å²) < 4.78 is 11.2. The molecule has 1 amide bonds. The number of carbonyl (C=O) groups excluding carboxylic acids is 1. The van der Waals surface area contributed by atoms with Crippen molar-refractivity contribution in [3.05, 3.63) is 0 Å². The summed E-state index contributed by atoms with van der Waals surface area (Å²) >= 11 is 0. The highest BCUT2D eigenvalue weighted by atomic mass is 16.6. The third kappa shape index (κ3) is 2.24. The van der Waals surface area contributed by atoms with Gasteiger partial charge in [0.25, 0.3) is 0 Å². The molecule has 3 saturated heterocycles. The highest BCUT2D eigenvalue weighted by molar-refractivity contribution is 5.69. The Morgan fingerprint density at radius 2 is 2.10 bits per heavy atom. The zero-order valence-electron chi connectivity index (χ0n) is 13.1. The highest BCUT2D eigenvalue weighted by Gasteiger charge is 2.66. The van der Waals surface area contributed by atoms with Crippen molar-refractivity contribution >= 4 is 6.09 Å². The summed E-state index contributed by atoms with van der Waals surface area (Å²) in [4.78, 5) is 13.6. The van der Waals surface area contributed by atoms with Gasteiger partial charge in [-0.3, -0.25) is 0 Å². The molecule has 6 nitrogen and oxygen atoms in total. The fourth-order valence-corrected chi connectivity index (χ4v) is 4.05. The van der Waals surface area contributed by atoms with Gasteiger partial charge in [0.1, 0.15) is 11.2 Å². The van der Waals surface area contributed by atoms with Crippen LogP contribution in [0.3, 0.4) is 0 Å². The van der Waals surface area contributed by atoms with Crippen molar-refractivity contribution < 1.29 is 19.4 Å². The lowest BCUT2D eigenvalue weighted by molar-refractivity contribution is -0.186. The van der Waals surface area contributed by atoms with Crippen LogP contribution in [0.1, 0.15) is 40.0 Å². The number of likely N-dealkylation sites (tertiary alicyclic amines) is 1. The molecule has 2 bridgehead atoms. The lowest BCUT2D eigenvalue weighted by atomic mass is 9.60. The molecule has 21 heavy (non-hydrogen) atoms. The second kappa shape index (κ2) is 4.57. The molecule has 3 fully saturated rings. The first-order chi connectivity index (χ1) is 9.69. The number of hydrogen-bond donors (Lipinski definition) is 2. The number of β-amino-alcohol motifs (C(OH)–C–C–N with tert-alkyl or cyclic N) is 1. The predicted octanol–water partition coefficient (Wildman–Crippen LogP) is 0.865. The largest absolute Gasteiger partial charge is 0.444 e. The third-order valence-corrected chi connectivity index (χ3v) is 5.16. The zero-order valence-corrected chi connectivity index (χ0v) is 13.1. The van der Waals surface area contributed by atoms with Crippen LogP contribution in [0.5, 0.6) is 0 Å². The van der Waals surface area contributed by atoms with Crippen LogP contribution >= 0.6 is 0 Å². The Kier molecular flexibility index (Phi) is 3.28. The second-order valence-corrected chi connectivity index (χ2v) is 7.76. The smallest absolute Gasteiger partial charge is 0.410 e. The molecule has 6 heteroatoms. The standard InChI is InChI=1S/C15H26N2O4/c1-13(2,3)21-12(18)17-8-15(19,9-17)14(7-16)6-10-4-5-11(14)20-10/h10-11,19H,4-9,16H2,1-3H3. The minimum Gasteiger partial charge on any atom is -0.444 e. The van der Waals surface area contributed by atoms with E-state index in [1.807, 2.05) is 20.8 Å². The van der Waals surface area contributed by atoms with Crippen LogP contribution in [0, 0.1) is 5.41 Å². The lowest BCUT2D eigenvalue weighted by Gasteiger charge is -2.57. The van der Waals surface area contributed by atoms with Crippen molar-refractivity contribution in [2.75, 3.05) is 19.6 Å². The van der Waals surface area contributed by atoms with E-state index in [2.05, 4.69) is 0 Å². The van der Waals surface area contributed by atoms with Gasteiger partial charge in [-0.2, -0.15) is 0 Å². The number of fused-ring (bicyclic) bond motifs is 2. The number of nitrogens with zero attached hydrogens (tertiary/aromatic N) is 1. The van der Waals surface area contributed by atoms with Crippen molar-refractivity contribution in [3.8, 4) is 0 Å². The van der Waals surface area contributed by atoms with Gasteiger partial charge >= 0.3 is 6.09 Å². The maximum Gasteiger partial charge on any atom is 0.410 e. The third-order valence-electron chi connectivity index (χ3n) is 5.16. The molecule has 0 spiro atoms. The average molecular weight is 298 g/mol. The van der Waals surface area contributed by atoms with Gasteiger partial charge in [0, 0.05) is 12.0 Å². The van der Waals surface area contributed by atoms with Crippen molar-refractivity contribution in [2.24, 2.45) is 11.1 Å². The molecule has 120 valence electrons. The van der Waals surface area contributed by atoms with E-state index < -0.39 is 16.6 Å². The summed E-state index contributed by atoms with van der Waals surface area (Å²) in [5, 5.41) is 11.0. The summed E-state index contributed by atoms with van der Waals surface area (Å²) in [6, 6.07) is 0. The van der Waals surface area contributed by atoms with E-state index in [1.54, 1.807) is 4.90 Å². The minimum absolute atomic E-state index is 0.0262. The first-order valence-electron chi connectivity index (χ1n) is 7.75. The van der Waals surface area contributed by atoms with Crippen LogP contribution < -0.4 is 5.73 Å². The van der Waals surface area contributed by atoms with Crippen molar-refractivity contribution in [2.45, 2.75) is 63.4 Å². The summed E-state index contributed by atoms with van der Waals surface area (Å²) in [7, 11) is 0. The molecule has 0 radical (unpaired) electrons. The van der Waals surface area contributed by atoms with Gasteiger partial charge in [-0.15, -0.1) is 0 Å². The average Bonchev–Trinajstić information content (AvgIpc) is 2.93. The Hall–Kier alpha value is -0.850. The van der Waals surface area contributed by atoms with Crippen LogP contribution in [0.2, 0.25) is 0 Å². The number of nitrogens with two attached hydrogens (primary N) is 1. The molecule has 0 aromatic rings. The molecule has 3 aliphatic heterocycles. The molecule has 3 aliphatic rings. The number of hydrogen-bond acceptors (Lipinski definition) is 5. The van der Waals surface area contributed by atoms with E-state index in [0.29, 0.717) is 6.54 Å². The SMILES string of the molecule is CC(C)(C)OC(=O)N1CC(O)(C2(CN)CC3CCC2O3)C1. The summed E-state index contributed by atoms with van der Waals surface area (Å²) in [5.74, 6) is 0. The van der Waals surface area contributed by atoms with Crippen LogP contribution in [0.4, 0.5) is 4.79 Å². The van der Waals surface area contributed by atoms with Gasteiger partial charge < -0.3 is 25.2 Å². The fourth-order valence-electron chi connectivity index (χ4n) is 4.05. The van der Waals surface area contributed by atoms with Crippen molar-refractivity contribution in [1.29, 1.82) is 0 Å². The molecule has 3 rings (SSSR count). The monoisotopic (exact) mass is 298 g/mol. The molecule has 3 atom stereocenters. The Bertz CT molecular complexity index is 441. The first-order valence-corrected chi connectivity index (χ1v) is 7.75. The topological polar surface area (TPSA) is 85.0 Å². The molecule has 0 saturated carbocycles. The molecule has 3 N–H and O–H groups in total. The molecule has 3 unspecified atom stereocenters. The maximum atomic E-state index is 12.0. The van der Waals surface area contributed by atoms with E-state index in [4.69, 9.17) is 15.2 Å². The van der Waals surface area contributed by atoms with E-state index in [0.717, 1.165) is 19.3 Å². The summed E-state index contributed by atoms with van der Waals surface area (Å²) in [5.41, 5.74) is 4.12. The normalized spacial score (nSPS) is 37.5. The van der Waals surface area contributed by atoms with E-state index in [1.165, 1.54) is 0 Å². The fraction of sp³-hybridized carbons (Fsp3) is 0.933. The van der Waals surface area contributed by atoms with E-state index in [9.17, 15) is 9.90 Å². The van der Waals surface area contributed by atoms with Gasteiger partial charge in [0.15, 0.2) is 0 Å². The molecular formula is C15H26N2O4.